The van der Waals surface area contributed by atoms with Gasteiger partial charge in [0.25, 0.3) is 0 Å². The van der Waals surface area contributed by atoms with E-state index in [0.29, 0.717) is 0 Å². The highest BCUT2D eigenvalue weighted by Gasteiger charge is 2.47. The predicted octanol–water partition coefficient (Wildman–Crippen LogP) is 2.71. The number of hydrogen-bond acceptors (Lipinski definition) is 5. The average Bonchev–Trinajstić information content (AvgIpc) is 3.37. The van der Waals surface area contributed by atoms with Crippen molar-refractivity contribution in [3.8, 4) is 11.1 Å². The summed E-state index contributed by atoms with van der Waals surface area (Å²) in [7, 11) is 0. The molecule has 2 aromatic carbocycles. The van der Waals surface area contributed by atoms with Crippen molar-refractivity contribution in [3.63, 3.8) is 0 Å². The number of likely N-dealkylation sites (tertiary alicyclic amines) is 1. The van der Waals surface area contributed by atoms with E-state index in [2.05, 4.69) is 29.4 Å². The molecule has 0 spiro atoms. The number of amides is 1. The van der Waals surface area contributed by atoms with Gasteiger partial charge in [-0.3, -0.25) is 0 Å². The second kappa shape index (κ2) is 6.37. The summed E-state index contributed by atoms with van der Waals surface area (Å²) in [6.07, 6.45) is -0.865. The van der Waals surface area contributed by atoms with Gasteiger partial charge in [0.05, 0.1) is 12.5 Å². The third kappa shape index (κ3) is 2.54. The van der Waals surface area contributed by atoms with E-state index < -0.39 is 24.1 Å². The fraction of sp³-hybridized carbons (Fsp3) is 0.286. The van der Waals surface area contributed by atoms with Gasteiger partial charge in [-0.05, 0) is 22.3 Å². The van der Waals surface area contributed by atoms with Crippen LogP contribution in [-0.2, 0) is 14.4 Å². The van der Waals surface area contributed by atoms with Crippen LogP contribution >= 0.6 is 0 Å². The highest BCUT2D eigenvalue weighted by molar-refractivity contribution is 6.37. The van der Waals surface area contributed by atoms with Crippen molar-refractivity contribution < 1.29 is 24.3 Å². The average molecular weight is 378 g/mol. The first-order chi connectivity index (χ1) is 13.6. The summed E-state index contributed by atoms with van der Waals surface area (Å²) in [4.78, 5) is 30.5. The molecule has 1 saturated heterocycles. The van der Waals surface area contributed by atoms with Gasteiger partial charge in [-0.2, -0.15) is 0 Å². The quantitative estimate of drug-likeness (QED) is 0.887. The molecule has 5 rings (SSSR count). The summed E-state index contributed by atoms with van der Waals surface area (Å²) >= 11 is 0. The van der Waals surface area contributed by atoms with Crippen LogP contribution in [0.25, 0.3) is 11.1 Å². The zero-order chi connectivity index (χ0) is 19.3. The molecule has 28 heavy (non-hydrogen) atoms. The van der Waals surface area contributed by atoms with Crippen LogP contribution in [0.1, 0.15) is 17.0 Å². The van der Waals surface area contributed by atoms with Crippen molar-refractivity contribution in [2.24, 2.45) is 11.1 Å². The second-order valence-electron chi connectivity index (χ2n) is 7.24. The number of carboxylic acids is 1. The van der Waals surface area contributed by atoms with Gasteiger partial charge in [0.2, 0.25) is 0 Å². The van der Waals surface area contributed by atoms with Gasteiger partial charge in [0.1, 0.15) is 6.61 Å². The monoisotopic (exact) mass is 378 g/mol. The molecule has 7 nitrogen and oxygen atoms in total. The van der Waals surface area contributed by atoms with Crippen molar-refractivity contribution in [2.45, 2.75) is 12.0 Å². The normalized spacial score (nSPS) is 22.1. The Balaban J connectivity index is 1.29. The lowest BCUT2D eigenvalue weighted by Crippen LogP contribution is -2.32. The summed E-state index contributed by atoms with van der Waals surface area (Å²) in [5, 5.41) is 12.8. The van der Waals surface area contributed by atoms with E-state index in [1.807, 2.05) is 24.3 Å². The van der Waals surface area contributed by atoms with Crippen molar-refractivity contribution in [1.29, 1.82) is 0 Å². The minimum Gasteiger partial charge on any atom is -0.477 e. The van der Waals surface area contributed by atoms with Crippen LogP contribution < -0.4 is 0 Å². The lowest BCUT2D eigenvalue weighted by molar-refractivity contribution is -0.129. The summed E-state index contributed by atoms with van der Waals surface area (Å²) in [5.74, 6) is -1.52. The van der Waals surface area contributed by atoms with Crippen LogP contribution in [-0.4, -0.2) is 53.6 Å². The van der Waals surface area contributed by atoms with Gasteiger partial charge in [0, 0.05) is 12.5 Å². The minimum atomic E-state index is -1.11. The first-order valence-corrected chi connectivity index (χ1v) is 9.20. The molecule has 0 aromatic heterocycles. The lowest BCUT2D eigenvalue weighted by atomic mass is 9.98. The Hall–Kier alpha value is -3.35. The molecule has 2 aromatic rings. The topological polar surface area (TPSA) is 88.4 Å². The summed E-state index contributed by atoms with van der Waals surface area (Å²) < 4.78 is 5.63. The van der Waals surface area contributed by atoms with Gasteiger partial charge >= 0.3 is 12.1 Å². The molecule has 0 saturated carbocycles. The summed E-state index contributed by atoms with van der Waals surface area (Å²) in [5.41, 5.74) is 4.62. The highest BCUT2D eigenvalue weighted by Crippen LogP contribution is 2.44. The number of oxime groups is 1. The van der Waals surface area contributed by atoms with E-state index in [1.165, 1.54) is 16.0 Å². The maximum atomic E-state index is 12.6. The zero-order valence-corrected chi connectivity index (χ0v) is 14.9. The third-order valence-electron chi connectivity index (χ3n) is 5.72. The van der Waals surface area contributed by atoms with E-state index in [0.717, 1.165) is 11.1 Å². The van der Waals surface area contributed by atoms with E-state index in [1.54, 1.807) is 0 Å². The molecular weight excluding hydrogens is 360 g/mol. The Kier molecular flexibility index (Phi) is 3.82. The van der Waals surface area contributed by atoms with Crippen molar-refractivity contribution >= 4 is 17.8 Å². The standard InChI is InChI=1S/C21H18N2O5/c24-20(25)19-16-9-23(10-18(16)28-22-19)21(26)27-11-17-14-7-3-1-5-12(14)13-6-2-4-8-15(13)17/h1-8,16-18H,9-11H2,(H,24,25)/t16-,18+/m1/s1. The van der Waals surface area contributed by atoms with Gasteiger partial charge in [-0.1, -0.05) is 53.7 Å². The first-order valence-electron chi connectivity index (χ1n) is 9.20. The molecule has 1 aliphatic carbocycles. The highest BCUT2D eigenvalue weighted by atomic mass is 16.6. The molecule has 0 radical (unpaired) electrons. The molecule has 1 N–H and O–H groups in total. The molecule has 2 atom stereocenters. The fourth-order valence-corrected chi connectivity index (χ4v) is 4.37. The minimum absolute atomic E-state index is 0.00848. The largest absolute Gasteiger partial charge is 0.477 e. The summed E-state index contributed by atoms with van der Waals surface area (Å²) in [6.45, 7) is 0.757. The number of nitrogens with zero attached hydrogens (tertiary/aromatic N) is 2. The zero-order valence-electron chi connectivity index (χ0n) is 14.9. The van der Waals surface area contributed by atoms with Crippen LogP contribution in [0.3, 0.4) is 0 Å². The van der Waals surface area contributed by atoms with E-state index >= 15 is 0 Å². The molecule has 2 heterocycles. The Morgan fingerprint density at radius 2 is 1.71 bits per heavy atom. The van der Waals surface area contributed by atoms with Crippen LogP contribution in [0.4, 0.5) is 4.79 Å². The summed E-state index contributed by atoms with van der Waals surface area (Å²) in [6, 6.07) is 16.3. The Labute approximate surface area is 161 Å². The van der Waals surface area contributed by atoms with Crippen molar-refractivity contribution in [2.75, 3.05) is 19.7 Å². The maximum absolute atomic E-state index is 12.6. The van der Waals surface area contributed by atoms with E-state index in [-0.39, 0.29) is 31.3 Å². The number of carbonyl (C=O) groups is 2. The molecule has 1 amide bonds. The molecule has 7 heteroatoms. The number of carboxylic acid groups (broad SMARTS) is 1. The molecule has 3 aliphatic rings. The fourth-order valence-electron chi connectivity index (χ4n) is 4.37. The number of fused-ring (bicyclic) bond motifs is 4. The number of carbonyl (C=O) groups excluding carboxylic acids is 1. The maximum Gasteiger partial charge on any atom is 0.409 e. The number of benzene rings is 2. The number of rotatable bonds is 3. The van der Waals surface area contributed by atoms with Crippen LogP contribution in [0, 0.1) is 5.92 Å². The van der Waals surface area contributed by atoms with Crippen LogP contribution in [0.2, 0.25) is 0 Å². The molecular formula is C21H18N2O5. The molecule has 2 aliphatic heterocycles. The third-order valence-corrected chi connectivity index (χ3v) is 5.72. The Morgan fingerprint density at radius 3 is 2.36 bits per heavy atom. The Morgan fingerprint density at radius 1 is 1.07 bits per heavy atom. The van der Waals surface area contributed by atoms with E-state index in [9.17, 15) is 14.7 Å². The molecule has 142 valence electrons. The lowest BCUT2D eigenvalue weighted by Gasteiger charge is -2.19. The number of hydrogen-bond donors (Lipinski definition) is 1. The van der Waals surface area contributed by atoms with Gasteiger partial charge in [0.15, 0.2) is 11.8 Å². The van der Waals surface area contributed by atoms with Crippen molar-refractivity contribution in [3.05, 3.63) is 59.7 Å². The van der Waals surface area contributed by atoms with Crippen molar-refractivity contribution in [1.82, 2.24) is 4.90 Å². The van der Waals surface area contributed by atoms with Gasteiger partial charge in [-0.15, -0.1) is 0 Å². The first kappa shape index (κ1) is 16.8. The van der Waals surface area contributed by atoms with Gasteiger partial charge in [-0.25, -0.2) is 9.59 Å². The molecule has 1 fully saturated rings. The SMILES string of the molecule is O=C(O)C1=NO[C@H]2CN(C(=O)OCC3c4ccccc4-c4ccccc43)C[C@@H]12. The van der Waals surface area contributed by atoms with E-state index in [4.69, 9.17) is 9.57 Å². The molecule has 0 unspecified atom stereocenters. The van der Waals surface area contributed by atoms with Gasteiger partial charge < -0.3 is 19.6 Å². The number of ether oxygens (including phenoxy) is 1. The molecule has 0 bridgehead atoms. The number of aliphatic carboxylic acids is 1. The van der Waals surface area contributed by atoms with Crippen LogP contribution in [0.5, 0.6) is 0 Å². The smallest absolute Gasteiger partial charge is 0.409 e. The Bertz CT molecular complexity index is 956. The van der Waals surface area contributed by atoms with Crippen LogP contribution in [0.15, 0.2) is 53.7 Å². The predicted molar refractivity (Wildman–Crippen MR) is 100 cm³/mol. The second-order valence-corrected chi connectivity index (χ2v) is 7.24.